The molecule has 0 spiro atoms. The molecule has 3 aromatic carbocycles. The zero-order chi connectivity index (χ0) is 30.2. The Hall–Kier alpha value is -4.07. The van der Waals surface area contributed by atoms with Gasteiger partial charge in [0.25, 0.3) is 5.91 Å². The lowest BCUT2D eigenvalue weighted by molar-refractivity contribution is -0.125. The van der Waals surface area contributed by atoms with Crippen molar-refractivity contribution < 1.29 is 23.5 Å². The van der Waals surface area contributed by atoms with E-state index in [0.29, 0.717) is 48.4 Å². The third-order valence-electron chi connectivity index (χ3n) is 10.0. The first kappa shape index (κ1) is 28.7. The van der Waals surface area contributed by atoms with E-state index in [2.05, 4.69) is 22.8 Å². The van der Waals surface area contributed by atoms with Gasteiger partial charge in [0.2, 0.25) is 5.91 Å². The van der Waals surface area contributed by atoms with E-state index >= 15 is 4.39 Å². The van der Waals surface area contributed by atoms with E-state index in [0.717, 1.165) is 30.5 Å². The molecule has 0 bridgehead atoms. The molecule has 1 saturated heterocycles. The van der Waals surface area contributed by atoms with Crippen LogP contribution >= 0.6 is 0 Å². The molecule has 44 heavy (non-hydrogen) atoms. The number of carbonyl (C=O) groups excluding carboxylic acids is 2. The van der Waals surface area contributed by atoms with E-state index in [1.807, 2.05) is 29.2 Å². The highest BCUT2D eigenvalue weighted by Crippen LogP contribution is 2.49. The van der Waals surface area contributed by atoms with Crippen molar-refractivity contribution in [3.63, 3.8) is 0 Å². The predicted octanol–water partition coefficient (Wildman–Crippen LogP) is 7.27. The number of aryl methyl sites for hydroxylation is 1. The number of ether oxygens (including phenoxy) is 2. The van der Waals surface area contributed by atoms with Crippen LogP contribution in [0.2, 0.25) is 0 Å². The molecule has 7 rings (SSSR count). The van der Waals surface area contributed by atoms with E-state index in [-0.39, 0.29) is 29.3 Å². The summed E-state index contributed by atoms with van der Waals surface area (Å²) in [5, 5.41) is 6.77. The van der Waals surface area contributed by atoms with E-state index in [1.54, 1.807) is 25.1 Å². The summed E-state index contributed by atoms with van der Waals surface area (Å²) in [6.07, 6.45) is 8.24. The molecule has 2 amide bonds. The van der Waals surface area contributed by atoms with Crippen molar-refractivity contribution in [3.8, 4) is 11.5 Å². The van der Waals surface area contributed by atoms with Gasteiger partial charge in [0, 0.05) is 29.5 Å². The standard InChI is InChI=1S/C36H40FN3O4/c1-22-6-4-10-29(37)33(22)36(42)40-30-11-5-7-24(30)20-28(35(41)39-27-16-17-31-32(21-27)44-19-18-43-31)34(40)23-12-14-26(15-13-23)38-25-8-2-3-9-25/h4,6,10,12-17,21,24-25,28,30,34,38H,2-3,5,7-9,11,18-20H2,1H3,(H,39,41). The molecule has 230 valence electrons. The van der Waals surface area contributed by atoms with Crippen LogP contribution in [0, 0.1) is 24.6 Å². The number of nitrogens with zero attached hydrogens (tertiary/aromatic N) is 1. The molecule has 2 aliphatic heterocycles. The molecule has 2 saturated carbocycles. The molecule has 3 aromatic rings. The van der Waals surface area contributed by atoms with Crippen molar-refractivity contribution >= 4 is 23.2 Å². The molecule has 0 aromatic heterocycles. The first-order valence-corrected chi connectivity index (χ1v) is 16.1. The fraction of sp³-hybridized carbons (Fsp3) is 0.444. The predicted molar refractivity (Wildman–Crippen MR) is 168 cm³/mol. The van der Waals surface area contributed by atoms with Crippen LogP contribution < -0.4 is 20.1 Å². The second kappa shape index (κ2) is 12.1. The normalized spacial score (nSPS) is 24.5. The van der Waals surface area contributed by atoms with E-state index < -0.39 is 17.8 Å². The minimum atomic E-state index is -0.543. The van der Waals surface area contributed by atoms with Gasteiger partial charge in [-0.2, -0.15) is 0 Å². The van der Waals surface area contributed by atoms with Crippen molar-refractivity contribution in [2.45, 2.75) is 76.4 Å². The van der Waals surface area contributed by atoms with Crippen LogP contribution in [0.3, 0.4) is 0 Å². The molecule has 2 heterocycles. The third-order valence-corrected chi connectivity index (χ3v) is 10.0. The van der Waals surface area contributed by atoms with Crippen molar-refractivity contribution in [1.29, 1.82) is 0 Å². The molecule has 3 fully saturated rings. The smallest absolute Gasteiger partial charge is 0.257 e. The van der Waals surface area contributed by atoms with Crippen molar-refractivity contribution in [2.75, 3.05) is 23.8 Å². The molecule has 2 N–H and O–H groups in total. The maximum absolute atomic E-state index is 15.3. The van der Waals surface area contributed by atoms with Gasteiger partial charge in [-0.15, -0.1) is 0 Å². The number of carbonyl (C=O) groups is 2. The molecule has 8 heteroatoms. The monoisotopic (exact) mass is 597 g/mol. The zero-order valence-corrected chi connectivity index (χ0v) is 25.2. The number of piperidine rings is 1. The number of hydrogen-bond acceptors (Lipinski definition) is 5. The van der Waals surface area contributed by atoms with Crippen LogP contribution in [0.5, 0.6) is 11.5 Å². The summed E-state index contributed by atoms with van der Waals surface area (Å²) in [5.41, 5.74) is 3.23. The lowest BCUT2D eigenvalue weighted by Gasteiger charge is -2.48. The minimum absolute atomic E-state index is 0.0545. The summed E-state index contributed by atoms with van der Waals surface area (Å²) in [6, 6.07) is 18.2. The van der Waals surface area contributed by atoms with Crippen LogP contribution in [0.15, 0.2) is 60.7 Å². The first-order chi connectivity index (χ1) is 21.5. The Morgan fingerprint density at radius 1 is 0.864 bits per heavy atom. The highest BCUT2D eigenvalue weighted by Gasteiger charge is 2.50. The fourth-order valence-corrected chi connectivity index (χ4v) is 7.90. The highest BCUT2D eigenvalue weighted by molar-refractivity contribution is 5.98. The van der Waals surface area contributed by atoms with Gasteiger partial charge in [0.1, 0.15) is 19.0 Å². The van der Waals surface area contributed by atoms with Gasteiger partial charge in [0.15, 0.2) is 11.5 Å². The number of rotatable bonds is 6. The SMILES string of the molecule is Cc1cccc(F)c1C(=O)N1C2CCCC2CC(C(=O)Nc2ccc3c(c2)OCCO3)C1c1ccc(NC2CCCC2)cc1. The average Bonchev–Trinajstić information content (AvgIpc) is 3.72. The molecule has 4 aliphatic rings. The van der Waals surface area contributed by atoms with Gasteiger partial charge in [-0.25, -0.2) is 4.39 Å². The topological polar surface area (TPSA) is 79.9 Å². The Labute approximate surface area is 258 Å². The van der Waals surface area contributed by atoms with Crippen LogP contribution in [0.4, 0.5) is 15.8 Å². The zero-order valence-electron chi connectivity index (χ0n) is 25.2. The average molecular weight is 598 g/mol. The number of amides is 2. The molecule has 4 atom stereocenters. The van der Waals surface area contributed by atoms with Gasteiger partial charge in [0.05, 0.1) is 17.5 Å². The van der Waals surface area contributed by atoms with Crippen LogP contribution in [-0.4, -0.2) is 42.0 Å². The van der Waals surface area contributed by atoms with Crippen molar-refractivity contribution in [1.82, 2.24) is 4.90 Å². The van der Waals surface area contributed by atoms with Gasteiger partial charge in [-0.3, -0.25) is 9.59 Å². The fourth-order valence-electron chi connectivity index (χ4n) is 7.90. The summed E-state index contributed by atoms with van der Waals surface area (Å²) >= 11 is 0. The second-order valence-corrected chi connectivity index (χ2v) is 12.8. The summed E-state index contributed by atoms with van der Waals surface area (Å²) in [6.45, 7) is 2.72. The Bertz CT molecular complexity index is 1520. The van der Waals surface area contributed by atoms with Crippen LogP contribution in [0.1, 0.15) is 78.9 Å². The molecule has 0 radical (unpaired) electrons. The summed E-state index contributed by atoms with van der Waals surface area (Å²) in [5.74, 6) is -0.124. The van der Waals surface area contributed by atoms with Crippen LogP contribution in [0.25, 0.3) is 0 Å². The Kier molecular flexibility index (Phi) is 7.91. The number of likely N-dealkylation sites (tertiary alicyclic amines) is 1. The van der Waals surface area contributed by atoms with E-state index in [4.69, 9.17) is 9.47 Å². The number of fused-ring (bicyclic) bond motifs is 2. The Morgan fingerprint density at radius 2 is 1.61 bits per heavy atom. The molecular weight excluding hydrogens is 557 g/mol. The first-order valence-electron chi connectivity index (χ1n) is 16.1. The highest BCUT2D eigenvalue weighted by atomic mass is 19.1. The van der Waals surface area contributed by atoms with Gasteiger partial charge >= 0.3 is 0 Å². The van der Waals surface area contributed by atoms with E-state index in [9.17, 15) is 9.59 Å². The summed E-state index contributed by atoms with van der Waals surface area (Å²) in [4.78, 5) is 30.6. The summed E-state index contributed by atoms with van der Waals surface area (Å²) < 4.78 is 26.7. The largest absolute Gasteiger partial charge is 0.486 e. The quantitative estimate of drug-likeness (QED) is 0.312. The van der Waals surface area contributed by atoms with Gasteiger partial charge in [-0.05, 0) is 86.4 Å². The Morgan fingerprint density at radius 3 is 2.39 bits per heavy atom. The molecular formula is C36H40FN3O4. The maximum atomic E-state index is 15.3. The van der Waals surface area contributed by atoms with Crippen LogP contribution in [-0.2, 0) is 4.79 Å². The molecule has 7 nitrogen and oxygen atoms in total. The number of hydrogen-bond donors (Lipinski definition) is 2. The van der Waals surface area contributed by atoms with Gasteiger partial charge < -0.3 is 25.0 Å². The van der Waals surface area contributed by atoms with Crippen molar-refractivity contribution in [3.05, 3.63) is 83.2 Å². The number of anilines is 2. The Balaban J connectivity index is 1.25. The van der Waals surface area contributed by atoms with Gasteiger partial charge in [-0.1, -0.05) is 43.5 Å². The second-order valence-electron chi connectivity index (χ2n) is 12.8. The maximum Gasteiger partial charge on any atom is 0.257 e. The lowest BCUT2D eigenvalue weighted by atomic mass is 9.76. The van der Waals surface area contributed by atoms with Crippen molar-refractivity contribution in [2.24, 2.45) is 11.8 Å². The third kappa shape index (κ3) is 5.51. The minimum Gasteiger partial charge on any atom is -0.486 e. The number of halogens is 1. The summed E-state index contributed by atoms with van der Waals surface area (Å²) in [7, 11) is 0. The van der Waals surface area contributed by atoms with E-state index in [1.165, 1.54) is 31.7 Å². The lowest BCUT2D eigenvalue weighted by Crippen LogP contribution is -2.54. The molecule has 4 unspecified atom stereocenters. The number of nitrogens with one attached hydrogen (secondary N) is 2. The number of benzene rings is 3. The molecule has 2 aliphatic carbocycles.